The van der Waals surface area contributed by atoms with Crippen LogP contribution in [0.25, 0.3) is 0 Å². The van der Waals surface area contributed by atoms with E-state index < -0.39 is 0 Å². The summed E-state index contributed by atoms with van der Waals surface area (Å²) in [4.78, 5) is 2.52. The quantitative estimate of drug-likeness (QED) is 0.824. The molecule has 0 bridgehead atoms. The maximum atomic E-state index is 5.94. The molecule has 1 heterocycles. The Hall–Kier alpha value is -1.96. The normalized spacial score (nSPS) is 18.5. The van der Waals surface area contributed by atoms with Crippen molar-refractivity contribution in [1.82, 2.24) is 0 Å². The summed E-state index contributed by atoms with van der Waals surface area (Å²) in [5.41, 5.74) is 12.2. The van der Waals surface area contributed by atoms with Crippen LogP contribution >= 0.6 is 0 Å². The van der Waals surface area contributed by atoms with Crippen LogP contribution in [0.4, 0.5) is 11.4 Å². The molecule has 2 aromatic rings. The summed E-state index contributed by atoms with van der Waals surface area (Å²) < 4.78 is 0. The third-order valence-corrected chi connectivity index (χ3v) is 4.37. The SMILES string of the molecule is Cc1ccc(N2CCCC2c2cccc(N)c2)cc1C. The minimum absolute atomic E-state index is 0.459. The number of benzene rings is 2. The predicted molar refractivity (Wildman–Crippen MR) is 86.1 cm³/mol. The second-order valence-corrected chi connectivity index (χ2v) is 5.79. The number of hydrogen-bond acceptors (Lipinski definition) is 2. The third-order valence-electron chi connectivity index (χ3n) is 4.37. The summed E-state index contributed by atoms with van der Waals surface area (Å²) in [7, 11) is 0. The summed E-state index contributed by atoms with van der Waals surface area (Å²) >= 11 is 0. The molecule has 1 atom stereocenters. The fraction of sp³-hybridized carbons (Fsp3) is 0.333. The van der Waals surface area contributed by atoms with Gasteiger partial charge < -0.3 is 10.6 Å². The van der Waals surface area contributed by atoms with Crippen LogP contribution in [0.15, 0.2) is 42.5 Å². The highest BCUT2D eigenvalue weighted by Gasteiger charge is 2.26. The minimum Gasteiger partial charge on any atom is -0.399 e. The van der Waals surface area contributed by atoms with Crippen molar-refractivity contribution >= 4 is 11.4 Å². The van der Waals surface area contributed by atoms with E-state index in [2.05, 4.69) is 55.1 Å². The van der Waals surface area contributed by atoms with E-state index in [1.165, 1.54) is 35.2 Å². The number of nitrogens with zero attached hydrogens (tertiary/aromatic N) is 1. The van der Waals surface area contributed by atoms with Crippen molar-refractivity contribution < 1.29 is 0 Å². The van der Waals surface area contributed by atoms with Crippen LogP contribution in [0.5, 0.6) is 0 Å². The number of anilines is 2. The average Bonchev–Trinajstić information content (AvgIpc) is 2.91. The van der Waals surface area contributed by atoms with Crippen molar-refractivity contribution in [3.63, 3.8) is 0 Å². The molecule has 0 aliphatic carbocycles. The number of nitrogen functional groups attached to an aromatic ring is 1. The van der Waals surface area contributed by atoms with E-state index in [4.69, 9.17) is 5.73 Å². The number of hydrogen-bond donors (Lipinski definition) is 1. The topological polar surface area (TPSA) is 29.3 Å². The monoisotopic (exact) mass is 266 g/mol. The molecule has 3 rings (SSSR count). The fourth-order valence-corrected chi connectivity index (χ4v) is 3.09. The smallest absolute Gasteiger partial charge is 0.0543 e. The van der Waals surface area contributed by atoms with Crippen molar-refractivity contribution in [1.29, 1.82) is 0 Å². The molecule has 1 aliphatic rings. The van der Waals surface area contributed by atoms with Gasteiger partial charge in [0, 0.05) is 17.9 Å². The number of rotatable bonds is 2. The third kappa shape index (κ3) is 2.38. The molecule has 1 unspecified atom stereocenters. The van der Waals surface area contributed by atoms with Gasteiger partial charge in [0.05, 0.1) is 6.04 Å². The summed E-state index contributed by atoms with van der Waals surface area (Å²) in [6.45, 7) is 5.48. The Morgan fingerprint density at radius 2 is 1.90 bits per heavy atom. The summed E-state index contributed by atoms with van der Waals surface area (Å²) in [5.74, 6) is 0. The van der Waals surface area contributed by atoms with Gasteiger partial charge in [-0.2, -0.15) is 0 Å². The van der Waals surface area contributed by atoms with Crippen LogP contribution in [0.3, 0.4) is 0 Å². The van der Waals surface area contributed by atoms with Gasteiger partial charge in [0.1, 0.15) is 0 Å². The highest BCUT2D eigenvalue weighted by Crippen LogP contribution is 2.37. The van der Waals surface area contributed by atoms with E-state index in [9.17, 15) is 0 Å². The van der Waals surface area contributed by atoms with Crippen LogP contribution in [0.2, 0.25) is 0 Å². The van der Waals surface area contributed by atoms with Crippen molar-refractivity contribution in [2.45, 2.75) is 32.7 Å². The lowest BCUT2D eigenvalue weighted by atomic mass is 10.0. The predicted octanol–water partition coefficient (Wildman–Crippen LogP) is 4.23. The Bertz CT molecular complexity index is 619. The molecule has 0 spiro atoms. The molecule has 0 saturated carbocycles. The van der Waals surface area contributed by atoms with E-state index in [1.54, 1.807) is 0 Å². The first-order valence-corrected chi connectivity index (χ1v) is 7.34. The molecule has 0 amide bonds. The van der Waals surface area contributed by atoms with Crippen molar-refractivity contribution in [3.05, 3.63) is 59.2 Å². The van der Waals surface area contributed by atoms with E-state index in [1.807, 2.05) is 6.07 Å². The van der Waals surface area contributed by atoms with Gasteiger partial charge in [-0.1, -0.05) is 18.2 Å². The first-order valence-electron chi connectivity index (χ1n) is 7.34. The van der Waals surface area contributed by atoms with E-state index >= 15 is 0 Å². The lowest BCUT2D eigenvalue weighted by molar-refractivity contribution is 0.719. The molecular formula is C18H22N2. The van der Waals surface area contributed by atoms with Gasteiger partial charge in [-0.15, -0.1) is 0 Å². The molecule has 2 aromatic carbocycles. The van der Waals surface area contributed by atoms with Crippen molar-refractivity contribution in [2.24, 2.45) is 0 Å². The highest BCUT2D eigenvalue weighted by atomic mass is 15.2. The highest BCUT2D eigenvalue weighted by molar-refractivity contribution is 5.54. The molecule has 20 heavy (non-hydrogen) atoms. The van der Waals surface area contributed by atoms with Crippen LogP contribution < -0.4 is 10.6 Å². The van der Waals surface area contributed by atoms with Crippen LogP contribution in [-0.4, -0.2) is 6.54 Å². The number of aryl methyl sites for hydroxylation is 2. The molecule has 2 N–H and O–H groups in total. The van der Waals surface area contributed by atoms with Crippen LogP contribution in [0.1, 0.15) is 35.6 Å². The summed E-state index contributed by atoms with van der Waals surface area (Å²) in [5, 5.41) is 0. The first-order chi connectivity index (χ1) is 9.65. The molecule has 1 saturated heterocycles. The zero-order valence-electron chi connectivity index (χ0n) is 12.3. The lowest BCUT2D eigenvalue weighted by Gasteiger charge is -2.28. The van der Waals surface area contributed by atoms with E-state index in [0.717, 1.165) is 12.2 Å². The Morgan fingerprint density at radius 3 is 2.65 bits per heavy atom. The fourth-order valence-electron chi connectivity index (χ4n) is 3.09. The summed E-state index contributed by atoms with van der Waals surface area (Å²) in [6, 6.07) is 15.6. The number of nitrogens with two attached hydrogens (primary N) is 1. The molecule has 0 aromatic heterocycles. The minimum atomic E-state index is 0.459. The van der Waals surface area contributed by atoms with Gasteiger partial charge in [-0.3, -0.25) is 0 Å². The second kappa shape index (κ2) is 5.20. The zero-order chi connectivity index (χ0) is 14.1. The second-order valence-electron chi connectivity index (χ2n) is 5.79. The zero-order valence-corrected chi connectivity index (χ0v) is 12.3. The van der Waals surface area contributed by atoms with Crippen molar-refractivity contribution in [3.8, 4) is 0 Å². The Morgan fingerprint density at radius 1 is 1.05 bits per heavy atom. The van der Waals surface area contributed by atoms with Crippen LogP contribution in [0, 0.1) is 13.8 Å². The average molecular weight is 266 g/mol. The molecule has 1 fully saturated rings. The van der Waals surface area contributed by atoms with Crippen LogP contribution in [-0.2, 0) is 0 Å². The van der Waals surface area contributed by atoms with Gasteiger partial charge in [-0.25, -0.2) is 0 Å². The summed E-state index contributed by atoms with van der Waals surface area (Å²) in [6.07, 6.45) is 2.45. The molecule has 2 heteroatoms. The Kier molecular flexibility index (Phi) is 3.39. The van der Waals surface area contributed by atoms with Gasteiger partial charge in [0.15, 0.2) is 0 Å². The lowest BCUT2D eigenvalue weighted by Crippen LogP contribution is -2.22. The van der Waals surface area contributed by atoms with Crippen molar-refractivity contribution in [2.75, 3.05) is 17.2 Å². The van der Waals surface area contributed by atoms with Gasteiger partial charge in [0.2, 0.25) is 0 Å². The Labute approximate surface area is 121 Å². The molecule has 2 nitrogen and oxygen atoms in total. The molecule has 1 aliphatic heterocycles. The van der Waals surface area contributed by atoms with Gasteiger partial charge >= 0.3 is 0 Å². The standard InChI is InChI=1S/C18H22N2/c1-13-8-9-17(11-14(13)2)20-10-4-7-18(20)15-5-3-6-16(19)12-15/h3,5-6,8-9,11-12,18H,4,7,10,19H2,1-2H3. The van der Waals surface area contributed by atoms with Gasteiger partial charge in [0.25, 0.3) is 0 Å². The Balaban J connectivity index is 1.94. The largest absolute Gasteiger partial charge is 0.399 e. The molecular weight excluding hydrogens is 244 g/mol. The maximum absolute atomic E-state index is 5.94. The molecule has 0 radical (unpaired) electrons. The molecule has 104 valence electrons. The van der Waals surface area contributed by atoms with Gasteiger partial charge in [-0.05, 0) is 67.6 Å². The van der Waals surface area contributed by atoms with E-state index in [0.29, 0.717) is 6.04 Å². The first kappa shape index (κ1) is 13.0. The van der Waals surface area contributed by atoms with E-state index in [-0.39, 0.29) is 0 Å². The maximum Gasteiger partial charge on any atom is 0.0543 e.